The first-order valence-corrected chi connectivity index (χ1v) is 23.7. The minimum Gasteiger partial charge on any atom is -0.854 e. The molecule has 3 N–H and O–H groups in total. The number of rotatable bonds is 36. The first-order valence-electron chi connectivity index (χ1n) is 21.2. The Morgan fingerprint density at radius 1 is 0.195 bits per heavy atom. The molecule has 0 saturated carbocycles. The third kappa shape index (κ3) is 144. The molecule has 0 aromatic heterocycles. The maximum Gasteiger partial charge on any atom is 4.00 e. The minimum absolute atomic E-state index is 0. The van der Waals surface area contributed by atoms with Crippen molar-refractivity contribution in [2.45, 2.75) is 0 Å². The fourth-order valence-electron chi connectivity index (χ4n) is 4.37. The van der Waals surface area contributed by atoms with Gasteiger partial charge in [-0.1, -0.05) is 0 Å². The van der Waals surface area contributed by atoms with Crippen LogP contribution in [0, 0.1) is 20.5 Å². The van der Waals surface area contributed by atoms with Crippen molar-refractivity contribution in [3.05, 3.63) is 0 Å². The molecule has 0 rings (SSSR count). The summed E-state index contributed by atoms with van der Waals surface area (Å²) >= 11 is 0. The van der Waals surface area contributed by atoms with Crippen LogP contribution in [0.5, 0.6) is 0 Å². The van der Waals surface area contributed by atoms with Crippen LogP contribution in [0.25, 0.3) is 0 Å². The monoisotopic (exact) mass is 1470 g/mol. The molecule has 0 unspecified atom stereocenters. The van der Waals surface area contributed by atoms with Crippen LogP contribution in [0.4, 0.5) is 0 Å². The van der Waals surface area contributed by atoms with Gasteiger partial charge < -0.3 is 121 Å². The number of halogens is 2. The third-order valence-electron chi connectivity index (χ3n) is 7.36. The largest absolute Gasteiger partial charge is 4.00 e. The van der Waals surface area contributed by atoms with E-state index < -0.39 is 20.5 Å². The van der Waals surface area contributed by atoms with Crippen molar-refractivity contribution in [2.75, 3.05) is 237 Å². The first kappa shape index (κ1) is 118. The third-order valence-corrected chi connectivity index (χ3v) is 7.36. The van der Waals surface area contributed by atoms with Crippen LogP contribution in [0.15, 0.2) is 0 Å². The van der Waals surface area contributed by atoms with Crippen molar-refractivity contribution in [1.29, 1.82) is 0 Å². The van der Waals surface area contributed by atoms with Crippen LogP contribution < -0.4 is 114 Å². The Hall–Kier alpha value is 2.94. The van der Waals surface area contributed by atoms with E-state index in [1.54, 1.807) is 29.4 Å². The van der Waals surface area contributed by atoms with Crippen molar-refractivity contribution in [3.8, 4) is 0 Å². The summed E-state index contributed by atoms with van der Waals surface area (Å²) in [6, 6.07) is 0. The Morgan fingerprint density at radius 2 is 0.260 bits per heavy atom. The zero-order valence-electron chi connectivity index (χ0n) is 42.1. The molecule has 0 aromatic rings. The van der Waals surface area contributed by atoms with Gasteiger partial charge in [-0.2, -0.15) is 0 Å². The van der Waals surface area contributed by atoms with Crippen LogP contribution in [-0.4, -0.2) is 281 Å². The number of nitrogens with zero attached hydrogens (tertiary/aromatic N) is 6. The molecular weight excluding hydrogens is 1390 g/mol. The second-order valence-corrected chi connectivity index (χ2v) is 14.1. The van der Waals surface area contributed by atoms with E-state index in [1.807, 2.05) is 0 Å². The molecule has 0 spiro atoms. The molecule has 0 aliphatic rings. The topological polar surface area (TPSA) is 611 Å². The van der Waals surface area contributed by atoms with E-state index in [2.05, 4.69) is 0 Å². The molecule has 0 amide bonds. The van der Waals surface area contributed by atoms with Gasteiger partial charge in [0.2, 0.25) is 0 Å². The second-order valence-electron chi connectivity index (χ2n) is 12.5. The fraction of sp³-hybridized carbons (Fsp3) is 1.00. The first-order chi connectivity index (χ1) is 33.1. The van der Waals surface area contributed by atoms with E-state index in [4.69, 9.17) is 52.6 Å². The number of hydrogen-bond acceptors (Lipinski definition) is 32. The predicted molar refractivity (Wildman–Crippen MR) is 193 cm³/mol. The summed E-state index contributed by atoms with van der Waals surface area (Å²) in [6.07, 6.45) is 0. The molecule has 0 atom stereocenters. The quantitative estimate of drug-likeness (QED) is 0.0490. The van der Waals surface area contributed by atoms with Crippen LogP contribution in [-0.2, 0) is 119 Å². The maximum atomic E-state index is 10.1. The molecule has 0 heterocycles. The Bertz CT molecular complexity index is 667. The molecule has 0 fully saturated rings. The number of hydrogen-bond donors (Lipinski definition) is 3. The maximum absolute atomic E-state index is 10.1. The summed E-state index contributed by atoms with van der Waals surface area (Å²) in [5.41, 5.74) is 0. The van der Waals surface area contributed by atoms with Gasteiger partial charge in [-0.3, -0.25) is 0 Å². The number of aliphatic hydroxyl groups excluding tert-OH is 3. The average molecular weight is 1470 g/mol. The Labute approximate surface area is 531 Å². The van der Waals surface area contributed by atoms with Crippen molar-refractivity contribution >= 4 is 0 Å². The molecule has 0 aliphatic carbocycles. The van der Waals surface area contributed by atoms with Gasteiger partial charge in [-0.05, 0) is 98.2 Å². The Balaban J connectivity index is -0.0000000437. The van der Waals surface area contributed by atoms with Gasteiger partial charge in [0, 0.05) is 19.6 Å². The normalized spacial score (nSPS) is 9.97. The number of aliphatic hydroxyl groups is 3. The van der Waals surface area contributed by atoms with E-state index in [9.17, 15) is 76.6 Å². The molecule has 32 nitrogen and oxygen atoms in total. The van der Waals surface area contributed by atoms with Gasteiger partial charge in [0.25, 0.3) is 0 Å². The summed E-state index contributed by atoms with van der Waals surface area (Å²) in [5, 5.41) is 176. The van der Waals surface area contributed by atoms with Gasteiger partial charge in [0.05, 0.1) is 19.8 Å². The van der Waals surface area contributed by atoms with Crippen LogP contribution in [0.3, 0.4) is 0 Å². The van der Waals surface area contributed by atoms with Crippen LogP contribution in [0.1, 0.15) is 0 Å². The molecule has 5 radical (unpaired) electrons. The van der Waals surface area contributed by atoms with Crippen molar-refractivity contribution in [1.82, 2.24) is 29.4 Å². The standard InChI is InChI=1S/3C6H13NO3.3C6H12NO3.2ClHO4.7Fe/c6*8-4-1-7(2-5-9)3-6-10;2*2-1(3,4)5;;;;;;;/h3*8H,1-6H2;3*1-6H2;2*(H,2,3,4,5);;;;;;;/q3*-2;3*-3;;;5*+3;2*+4/p-2. The molecule has 0 bridgehead atoms. The van der Waals surface area contributed by atoms with Gasteiger partial charge >= 0.3 is 119 Å². The van der Waals surface area contributed by atoms with Gasteiger partial charge in [-0.25, -0.2) is 37.3 Å². The molecular formula is C36H75Cl2Fe7N6O26+6. The zero-order valence-corrected chi connectivity index (χ0v) is 51.3. The zero-order chi connectivity index (χ0) is 55.9. The van der Waals surface area contributed by atoms with Crippen LogP contribution >= 0.6 is 0 Å². The van der Waals surface area contributed by atoms with E-state index in [1.165, 1.54) is 0 Å². The Morgan fingerprint density at radius 3 is 0.312 bits per heavy atom. The molecule has 0 aromatic carbocycles. The Kier molecular flexibility index (Phi) is 155. The smallest absolute Gasteiger partial charge is 0.854 e. The van der Waals surface area contributed by atoms with E-state index >= 15 is 0 Å². The van der Waals surface area contributed by atoms with Gasteiger partial charge in [0.1, 0.15) is 0 Å². The van der Waals surface area contributed by atoms with Gasteiger partial charge in [0.15, 0.2) is 0 Å². The SMILES string of the molecule is [Fe+3].[Fe+3].[Fe+3].[Fe+3].[Fe+3].[Fe+4].[Fe+4].[O-]CCN(CC[O-])CCO.[O-]CCN(CC[O-])CCO.[O-]CCN(CC[O-])CCO.[O-]CCN(CC[O-])CC[O-].[O-]CCN(CC[O-])CC[O-].[O-]CCN(CC[O-])CC[O-].[O-][Cl+3]([O-])([O-])[O-].[O-][Cl+3]([O-])([O-])[O-]. The van der Waals surface area contributed by atoms with Crippen LogP contribution in [0.2, 0.25) is 0 Å². The summed E-state index contributed by atoms with van der Waals surface area (Å²) in [7, 11) is -9.89. The van der Waals surface area contributed by atoms with E-state index in [-0.39, 0.29) is 238 Å². The van der Waals surface area contributed by atoms with Crippen molar-refractivity contribution in [2.24, 2.45) is 0 Å². The molecule has 469 valence electrons. The van der Waals surface area contributed by atoms with E-state index in [0.717, 1.165) is 0 Å². The summed E-state index contributed by atoms with van der Waals surface area (Å²) in [6.45, 7) is 3.07. The van der Waals surface area contributed by atoms with Gasteiger partial charge in [-0.15, -0.1) is 120 Å². The molecule has 77 heavy (non-hydrogen) atoms. The summed E-state index contributed by atoms with van der Waals surface area (Å²) in [4.78, 5) is 9.81. The van der Waals surface area contributed by atoms with Crippen molar-refractivity contribution in [3.63, 3.8) is 0 Å². The van der Waals surface area contributed by atoms with E-state index in [0.29, 0.717) is 118 Å². The molecule has 0 aliphatic heterocycles. The summed E-state index contributed by atoms with van der Waals surface area (Å²) in [5.74, 6) is 0. The minimum atomic E-state index is -4.94. The molecule has 0 saturated heterocycles. The fourth-order valence-corrected chi connectivity index (χ4v) is 4.37. The van der Waals surface area contributed by atoms with Crippen molar-refractivity contribution < 1.29 is 269 Å². The average Bonchev–Trinajstić information content (AvgIpc) is 3.26. The predicted octanol–water partition coefficient (Wildman–Crippen LogP) is -29.4. The summed E-state index contributed by atoms with van der Waals surface area (Å²) < 4.78 is 67.9. The molecule has 41 heteroatoms. The second kappa shape index (κ2) is 101.